The third-order valence-electron chi connectivity index (χ3n) is 2.22. The average Bonchev–Trinajstić information content (AvgIpc) is 2.01. The normalized spacial score (nSPS) is 26.9. The molecule has 2 unspecified atom stereocenters. The van der Waals surface area contributed by atoms with Crippen LogP contribution in [0.3, 0.4) is 0 Å². The van der Waals surface area contributed by atoms with Crippen molar-refractivity contribution in [2.45, 2.75) is 32.4 Å². The lowest BCUT2D eigenvalue weighted by Crippen LogP contribution is -2.40. The highest BCUT2D eigenvalue weighted by atomic mass is 16.5. The van der Waals surface area contributed by atoms with E-state index in [9.17, 15) is 9.59 Å². The number of rotatable bonds is 3. The van der Waals surface area contributed by atoms with Crippen LogP contribution in [-0.4, -0.2) is 29.8 Å². The maximum absolute atomic E-state index is 10.7. The molecule has 5 nitrogen and oxygen atoms in total. The zero-order valence-corrected chi connectivity index (χ0v) is 8.16. The van der Waals surface area contributed by atoms with Gasteiger partial charge in [0.05, 0.1) is 0 Å². The van der Waals surface area contributed by atoms with Gasteiger partial charge in [0.25, 0.3) is 0 Å². The minimum atomic E-state index is -0.793. The van der Waals surface area contributed by atoms with E-state index in [1.165, 1.54) is 6.92 Å². The van der Waals surface area contributed by atoms with Crippen molar-refractivity contribution in [1.82, 2.24) is 5.32 Å². The summed E-state index contributed by atoms with van der Waals surface area (Å²) in [6.07, 6.45) is 1.18. The molecule has 0 aromatic heterocycles. The maximum atomic E-state index is 10.7. The first kappa shape index (κ1) is 11.0. The van der Waals surface area contributed by atoms with Gasteiger partial charge in [-0.15, -0.1) is 0 Å². The molecule has 14 heavy (non-hydrogen) atoms. The SMILES string of the molecule is CC(=O)NC1CC(CC(=O)O)CCO1. The molecule has 1 aliphatic rings. The van der Waals surface area contributed by atoms with Crippen LogP contribution >= 0.6 is 0 Å². The molecule has 2 N–H and O–H groups in total. The van der Waals surface area contributed by atoms with Gasteiger partial charge in [-0.25, -0.2) is 0 Å². The molecule has 1 fully saturated rings. The number of nitrogens with one attached hydrogen (secondary N) is 1. The highest BCUT2D eigenvalue weighted by molar-refractivity contribution is 5.73. The second kappa shape index (κ2) is 4.95. The van der Waals surface area contributed by atoms with Gasteiger partial charge < -0.3 is 15.2 Å². The smallest absolute Gasteiger partial charge is 0.303 e. The minimum Gasteiger partial charge on any atom is -0.481 e. The summed E-state index contributed by atoms with van der Waals surface area (Å²) >= 11 is 0. The van der Waals surface area contributed by atoms with E-state index in [1.54, 1.807) is 0 Å². The van der Waals surface area contributed by atoms with E-state index in [0.717, 1.165) is 6.42 Å². The number of carbonyl (C=O) groups excluding carboxylic acids is 1. The Balaban J connectivity index is 2.35. The largest absolute Gasteiger partial charge is 0.481 e. The van der Waals surface area contributed by atoms with Gasteiger partial charge in [-0.05, 0) is 18.8 Å². The molecule has 1 saturated heterocycles. The molecule has 0 aromatic carbocycles. The van der Waals surface area contributed by atoms with Crippen LogP contribution in [0, 0.1) is 5.92 Å². The Morgan fingerprint density at radius 3 is 2.86 bits per heavy atom. The van der Waals surface area contributed by atoms with Crippen molar-refractivity contribution < 1.29 is 19.4 Å². The van der Waals surface area contributed by atoms with Crippen LogP contribution in [0.25, 0.3) is 0 Å². The van der Waals surface area contributed by atoms with Crippen molar-refractivity contribution in [3.05, 3.63) is 0 Å². The van der Waals surface area contributed by atoms with E-state index in [1.807, 2.05) is 0 Å². The standard InChI is InChI=1S/C9H15NO4/c1-6(11)10-8-4-7(2-3-14-8)5-9(12)13/h7-8H,2-5H2,1H3,(H,10,11)(H,12,13). The topological polar surface area (TPSA) is 75.6 Å². The molecule has 1 amide bonds. The number of carboxylic acids is 1. The Labute approximate surface area is 82.4 Å². The van der Waals surface area contributed by atoms with E-state index >= 15 is 0 Å². The Morgan fingerprint density at radius 2 is 2.29 bits per heavy atom. The first-order valence-electron chi connectivity index (χ1n) is 4.68. The van der Waals surface area contributed by atoms with Crippen molar-refractivity contribution >= 4 is 11.9 Å². The molecule has 0 saturated carbocycles. The molecule has 1 aliphatic heterocycles. The number of carbonyl (C=O) groups is 2. The number of ether oxygens (including phenoxy) is 1. The van der Waals surface area contributed by atoms with Gasteiger partial charge in [0.1, 0.15) is 6.23 Å². The molecule has 0 aliphatic carbocycles. The van der Waals surface area contributed by atoms with Crippen molar-refractivity contribution in [2.75, 3.05) is 6.61 Å². The highest BCUT2D eigenvalue weighted by Crippen LogP contribution is 2.21. The third kappa shape index (κ3) is 3.74. The zero-order valence-electron chi connectivity index (χ0n) is 8.16. The lowest BCUT2D eigenvalue weighted by molar-refractivity contribution is -0.139. The monoisotopic (exact) mass is 201 g/mol. The number of carboxylic acid groups (broad SMARTS) is 1. The summed E-state index contributed by atoms with van der Waals surface area (Å²) in [6.45, 7) is 1.94. The first-order valence-corrected chi connectivity index (χ1v) is 4.68. The summed E-state index contributed by atoms with van der Waals surface area (Å²) in [5.41, 5.74) is 0. The summed E-state index contributed by atoms with van der Waals surface area (Å²) < 4.78 is 5.28. The van der Waals surface area contributed by atoms with Gasteiger partial charge in [-0.2, -0.15) is 0 Å². The lowest BCUT2D eigenvalue weighted by atomic mass is 9.95. The predicted octanol–water partition coefficient (Wildman–Crippen LogP) is 0.350. The number of amides is 1. The summed E-state index contributed by atoms with van der Waals surface area (Å²) in [7, 11) is 0. The van der Waals surface area contributed by atoms with Crippen molar-refractivity contribution in [3.8, 4) is 0 Å². The van der Waals surface area contributed by atoms with Crippen molar-refractivity contribution in [2.24, 2.45) is 5.92 Å². The van der Waals surface area contributed by atoms with Crippen LogP contribution in [0.5, 0.6) is 0 Å². The van der Waals surface area contributed by atoms with Gasteiger partial charge in [0, 0.05) is 20.0 Å². The molecule has 80 valence electrons. The Bertz CT molecular complexity index is 207. The minimum absolute atomic E-state index is 0.109. The predicted molar refractivity (Wildman–Crippen MR) is 48.5 cm³/mol. The second-order valence-corrected chi connectivity index (χ2v) is 3.55. The zero-order chi connectivity index (χ0) is 10.6. The quantitative estimate of drug-likeness (QED) is 0.690. The maximum Gasteiger partial charge on any atom is 0.303 e. The lowest BCUT2D eigenvalue weighted by Gasteiger charge is -2.28. The van der Waals surface area contributed by atoms with Crippen LogP contribution in [0.1, 0.15) is 26.2 Å². The molecular formula is C9H15NO4. The summed E-state index contributed by atoms with van der Waals surface area (Å²) in [5.74, 6) is -0.831. The van der Waals surface area contributed by atoms with Gasteiger partial charge in [-0.1, -0.05) is 0 Å². The number of hydrogen-bond donors (Lipinski definition) is 2. The summed E-state index contributed by atoms with van der Waals surface area (Å²) in [4.78, 5) is 21.2. The van der Waals surface area contributed by atoms with Crippen LogP contribution in [0.4, 0.5) is 0 Å². The Hall–Kier alpha value is -1.10. The Kier molecular flexibility index (Phi) is 3.88. The second-order valence-electron chi connectivity index (χ2n) is 3.55. The molecular weight excluding hydrogens is 186 g/mol. The van der Waals surface area contributed by atoms with E-state index in [4.69, 9.17) is 9.84 Å². The average molecular weight is 201 g/mol. The van der Waals surface area contributed by atoms with Gasteiger partial charge in [0.15, 0.2) is 0 Å². The molecule has 1 rings (SSSR count). The molecule has 1 heterocycles. The molecule has 0 bridgehead atoms. The van der Waals surface area contributed by atoms with E-state index < -0.39 is 5.97 Å². The molecule has 5 heteroatoms. The van der Waals surface area contributed by atoms with E-state index in [0.29, 0.717) is 13.0 Å². The van der Waals surface area contributed by atoms with Crippen molar-refractivity contribution in [3.63, 3.8) is 0 Å². The summed E-state index contributed by atoms with van der Waals surface area (Å²) in [6, 6.07) is 0. The first-order chi connectivity index (χ1) is 6.58. The molecule has 0 spiro atoms. The van der Waals surface area contributed by atoms with E-state index in [2.05, 4.69) is 5.32 Å². The van der Waals surface area contributed by atoms with Gasteiger partial charge >= 0.3 is 5.97 Å². The third-order valence-corrected chi connectivity index (χ3v) is 2.22. The van der Waals surface area contributed by atoms with Crippen LogP contribution in [0.15, 0.2) is 0 Å². The molecule has 0 aromatic rings. The number of hydrogen-bond acceptors (Lipinski definition) is 3. The van der Waals surface area contributed by atoms with Crippen LogP contribution in [0.2, 0.25) is 0 Å². The summed E-state index contributed by atoms with van der Waals surface area (Å²) in [5, 5.41) is 11.2. The fourth-order valence-corrected chi connectivity index (χ4v) is 1.63. The van der Waals surface area contributed by atoms with Crippen molar-refractivity contribution in [1.29, 1.82) is 0 Å². The fraction of sp³-hybridized carbons (Fsp3) is 0.778. The molecule has 2 atom stereocenters. The van der Waals surface area contributed by atoms with Crippen LogP contribution in [-0.2, 0) is 14.3 Å². The molecule has 0 radical (unpaired) electrons. The highest BCUT2D eigenvalue weighted by Gasteiger charge is 2.24. The number of aliphatic carboxylic acids is 1. The fourth-order valence-electron chi connectivity index (χ4n) is 1.63. The Morgan fingerprint density at radius 1 is 1.57 bits per heavy atom. The van der Waals surface area contributed by atoms with Gasteiger partial charge in [-0.3, -0.25) is 9.59 Å². The van der Waals surface area contributed by atoms with Crippen LogP contribution < -0.4 is 5.32 Å². The van der Waals surface area contributed by atoms with Gasteiger partial charge in [0.2, 0.25) is 5.91 Å². The van der Waals surface area contributed by atoms with E-state index in [-0.39, 0.29) is 24.5 Å².